The molecule has 1 atom stereocenters. The number of aryl methyl sites for hydroxylation is 1. The van der Waals surface area contributed by atoms with E-state index in [1.54, 1.807) is 14.0 Å². The summed E-state index contributed by atoms with van der Waals surface area (Å²) in [6.45, 7) is 3.60. The van der Waals surface area contributed by atoms with Gasteiger partial charge in [-0.3, -0.25) is 15.0 Å². The predicted octanol–water partition coefficient (Wildman–Crippen LogP) is 3.42. The van der Waals surface area contributed by atoms with E-state index in [1.165, 1.54) is 24.6 Å². The van der Waals surface area contributed by atoms with Crippen LogP contribution in [0.15, 0.2) is 47.4 Å². The molecule has 162 valence electrons. The Labute approximate surface area is 177 Å². The Balaban J connectivity index is 1.82. The molecule has 30 heavy (non-hydrogen) atoms. The highest BCUT2D eigenvalue weighted by Crippen LogP contribution is 2.27. The first-order valence-electron chi connectivity index (χ1n) is 9.94. The van der Waals surface area contributed by atoms with Gasteiger partial charge >= 0.3 is 0 Å². The maximum Gasteiger partial charge on any atom is 0.269 e. The predicted molar refractivity (Wildman–Crippen MR) is 114 cm³/mol. The lowest BCUT2D eigenvalue weighted by atomic mass is 10.0. The van der Waals surface area contributed by atoms with Crippen LogP contribution in [0.4, 0.5) is 5.69 Å². The molecule has 1 N–H and O–H groups in total. The third kappa shape index (κ3) is 5.16. The number of nitro benzene ring substituents is 1. The minimum absolute atomic E-state index is 0.0558. The lowest BCUT2D eigenvalue weighted by molar-refractivity contribution is -0.385. The smallest absolute Gasteiger partial charge is 0.269 e. The van der Waals surface area contributed by atoms with Gasteiger partial charge in [0.25, 0.3) is 5.69 Å². The molecule has 0 aliphatic carbocycles. The number of nitrogens with one attached hydrogen (secondary N) is 1. The first kappa shape index (κ1) is 22.2. The van der Waals surface area contributed by atoms with Crippen molar-refractivity contribution in [3.05, 3.63) is 63.7 Å². The number of non-ortho nitro benzene ring substituents is 1. The number of hydrogen-bond donors (Lipinski definition) is 1. The van der Waals surface area contributed by atoms with Gasteiger partial charge in [0.05, 0.1) is 16.9 Å². The zero-order valence-electron chi connectivity index (χ0n) is 17.2. The number of methoxy groups -OCH3 is 1. The zero-order valence-corrected chi connectivity index (χ0v) is 18.0. The largest absolute Gasteiger partial charge is 0.497 e. The van der Waals surface area contributed by atoms with Crippen LogP contribution in [0.5, 0.6) is 5.75 Å². The monoisotopic (exact) mass is 433 g/mol. The Morgan fingerprint density at radius 2 is 1.80 bits per heavy atom. The van der Waals surface area contributed by atoms with E-state index >= 15 is 0 Å². The van der Waals surface area contributed by atoms with Gasteiger partial charge in [-0.1, -0.05) is 18.6 Å². The lowest BCUT2D eigenvalue weighted by Crippen LogP contribution is -2.40. The second-order valence-electron chi connectivity index (χ2n) is 7.44. The molecule has 0 spiro atoms. The highest BCUT2D eigenvalue weighted by molar-refractivity contribution is 7.89. The van der Waals surface area contributed by atoms with Crippen molar-refractivity contribution < 1.29 is 18.1 Å². The van der Waals surface area contributed by atoms with E-state index in [9.17, 15) is 18.5 Å². The third-order valence-corrected chi connectivity index (χ3v) is 7.04. The van der Waals surface area contributed by atoms with Gasteiger partial charge in [-0.05, 0) is 62.2 Å². The number of ether oxygens (including phenoxy) is 1. The summed E-state index contributed by atoms with van der Waals surface area (Å²) in [6, 6.07) is 11.4. The minimum atomic E-state index is -3.81. The third-order valence-electron chi connectivity index (χ3n) is 5.46. The van der Waals surface area contributed by atoms with Crippen LogP contribution < -0.4 is 9.46 Å². The van der Waals surface area contributed by atoms with Gasteiger partial charge in [-0.15, -0.1) is 0 Å². The van der Waals surface area contributed by atoms with Crippen LogP contribution in [-0.2, 0) is 10.0 Å². The second-order valence-corrected chi connectivity index (χ2v) is 9.18. The van der Waals surface area contributed by atoms with Crippen LogP contribution in [-0.4, -0.2) is 45.0 Å². The number of sulfonamides is 1. The average molecular weight is 434 g/mol. The molecular weight excluding hydrogens is 406 g/mol. The van der Waals surface area contributed by atoms with Crippen LogP contribution in [0.25, 0.3) is 0 Å². The molecule has 8 nitrogen and oxygen atoms in total. The van der Waals surface area contributed by atoms with Crippen LogP contribution >= 0.6 is 0 Å². The van der Waals surface area contributed by atoms with Crippen molar-refractivity contribution in [2.45, 2.75) is 37.1 Å². The molecule has 0 radical (unpaired) electrons. The van der Waals surface area contributed by atoms with Crippen molar-refractivity contribution in [3.63, 3.8) is 0 Å². The number of hydrogen-bond acceptors (Lipinski definition) is 6. The molecule has 1 fully saturated rings. The Kier molecular flexibility index (Phi) is 7.06. The van der Waals surface area contributed by atoms with Crippen LogP contribution in [0.3, 0.4) is 0 Å². The highest BCUT2D eigenvalue weighted by Gasteiger charge is 2.26. The van der Waals surface area contributed by atoms with Crippen LogP contribution in [0.2, 0.25) is 0 Å². The zero-order chi connectivity index (χ0) is 21.7. The Bertz CT molecular complexity index is 986. The molecule has 0 aromatic heterocycles. The van der Waals surface area contributed by atoms with E-state index in [-0.39, 0.29) is 23.2 Å². The maximum absolute atomic E-state index is 12.9. The minimum Gasteiger partial charge on any atom is -0.497 e. The van der Waals surface area contributed by atoms with Crippen molar-refractivity contribution in [1.82, 2.24) is 9.62 Å². The molecule has 0 saturated carbocycles. The van der Waals surface area contributed by atoms with Crippen molar-refractivity contribution in [3.8, 4) is 5.75 Å². The molecule has 1 saturated heterocycles. The first-order valence-corrected chi connectivity index (χ1v) is 11.4. The van der Waals surface area contributed by atoms with Crippen molar-refractivity contribution in [1.29, 1.82) is 0 Å². The Morgan fingerprint density at radius 3 is 2.37 bits per heavy atom. The van der Waals surface area contributed by atoms with E-state index < -0.39 is 14.9 Å². The van der Waals surface area contributed by atoms with E-state index in [0.29, 0.717) is 5.56 Å². The molecule has 0 amide bonds. The van der Waals surface area contributed by atoms with E-state index in [4.69, 9.17) is 4.74 Å². The number of rotatable bonds is 8. The molecule has 1 heterocycles. The summed E-state index contributed by atoms with van der Waals surface area (Å²) >= 11 is 0. The van der Waals surface area contributed by atoms with Crippen LogP contribution in [0, 0.1) is 17.0 Å². The second kappa shape index (κ2) is 9.55. The SMILES string of the molecule is COc1ccc(C(CNS(=O)(=O)c2ccc([N+](=O)[O-])cc2C)N2CCCCC2)cc1. The fraction of sp³-hybridized carbons (Fsp3) is 0.429. The van der Waals surface area contributed by atoms with Crippen molar-refractivity contribution in [2.24, 2.45) is 0 Å². The lowest BCUT2D eigenvalue weighted by Gasteiger charge is -2.35. The highest BCUT2D eigenvalue weighted by atomic mass is 32.2. The van der Waals surface area contributed by atoms with Gasteiger partial charge < -0.3 is 4.74 Å². The quantitative estimate of drug-likeness (QED) is 0.506. The molecule has 2 aromatic carbocycles. The average Bonchev–Trinajstić information content (AvgIpc) is 2.74. The Morgan fingerprint density at radius 1 is 1.13 bits per heavy atom. The van der Waals surface area contributed by atoms with Gasteiger partial charge in [0.15, 0.2) is 0 Å². The first-order chi connectivity index (χ1) is 14.3. The molecule has 9 heteroatoms. The van der Waals surface area contributed by atoms with Gasteiger partial charge in [0, 0.05) is 24.7 Å². The molecule has 2 aromatic rings. The summed E-state index contributed by atoms with van der Waals surface area (Å²) in [6.07, 6.45) is 3.35. The number of nitrogens with zero attached hydrogens (tertiary/aromatic N) is 2. The normalized spacial score (nSPS) is 16.2. The fourth-order valence-corrected chi connectivity index (χ4v) is 5.09. The van der Waals surface area contributed by atoms with E-state index in [2.05, 4.69) is 9.62 Å². The molecule has 1 aliphatic heterocycles. The van der Waals surface area contributed by atoms with Gasteiger partial charge in [-0.25, -0.2) is 13.1 Å². The topological polar surface area (TPSA) is 102 Å². The van der Waals surface area contributed by atoms with E-state index in [1.807, 2.05) is 24.3 Å². The number of piperidine rings is 1. The van der Waals surface area contributed by atoms with E-state index in [0.717, 1.165) is 37.2 Å². The summed E-state index contributed by atoms with van der Waals surface area (Å²) in [5.41, 5.74) is 1.23. The number of nitro groups is 1. The molecular formula is C21H27N3O5S. The summed E-state index contributed by atoms with van der Waals surface area (Å²) in [5, 5.41) is 10.9. The standard InChI is InChI=1S/C21H27N3O5S/c1-16-14-18(24(25)26)8-11-21(16)30(27,28)22-15-20(23-12-4-3-5-13-23)17-6-9-19(29-2)10-7-17/h6-11,14,20,22H,3-5,12-13,15H2,1-2H3. The fourth-order valence-electron chi connectivity index (χ4n) is 3.83. The molecule has 3 rings (SSSR count). The van der Waals surface area contributed by atoms with Gasteiger partial charge in [-0.2, -0.15) is 0 Å². The number of benzene rings is 2. The summed E-state index contributed by atoms with van der Waals surface area (Å²) in [4.78, 5) is 12.8. The van der Waals surface area contributed by atoms with Gasteiger partial charge in [0.2, 0.25) is 10.0 Å². The van der Waals surface area contributed by atoms with Crippen molar-refractivity contribution in [2.75, 3.05) is 26.7 Å². The molecule has 0 bridgehead atoms. The summed E-state index contributed by atoms with van der Waals surface area (Å²) in [5.74, 6) is 0.748. The molecule has 1 aliphatic rings. The summed E-state index contributed by atoms with van der Waals surface area (Å²) in [7, 11) is -2.20. The Hall–Kier alpha value is -2.49. The number of likely N-dealkylation sites (tertiary alicyclic amines) is 1. The molecule has 1 unspecified atom stereocenters. The van der Waals surface area contributed by atoms with Crippen molar-refractivity contribution >= 4 is 15.7 Å². The van der Waals surface area contributed by atoms with Gasteiger partial charge in [0.1, 0.15) is 5.75 Å². The van der Waals surface area contributed by atoms with Crippen LogP contribution in [0.1, 0.15) is 36.4 Å². The maximum atomic E-state index is 12.9. The summed E-state index contributed by atoms with van der Waals surface area (Å²) < 4.78 is 33.8.